The number of hydrogen-bond donors (Lipinski definition) is 3. The van der Waals surface area contributed by atoms with Crippen molar-refractivity contribution in [2.45, 2.75) is 58.7 Å². The Morgan fingerprint density at radius 1 is 1.07 bits per heavy atom. The zero-order valence-corrected chi connectivity index (χ0v) is 16.7. The van der Waals surface area contributed by atoms with Crippen molar-refractivity contribution in [2.75, 3.05) is 13.1 Å². The van der Waals surface area contributed by atoms with Crippen LogP contribution in [0.5, 0.6) is 0 Å². The van der Waals surface area contributed by atoms with Gasteiger partial charge in [-0.2, -0.15) is 0 Å². The van der Waals surface area contributed by atoms with Crippen molar-refractivity contribution < 1.29 is 14.4 Å². The standard InChI is InChI=1S/C17H24N4O3.C3H8/c1-10(17(24)21-8-14(18)7-15(19)9-21)20-16(23)13-5-3-12(4-6-13)11(2)22;1-3-2/h3-6,10,14-15H,7-9,18-19H2,1-2H3,(H,20,23);3H2,1-2H3/t10-,14?,15?;/m0./s1. The molecule has 0 bridgehead atoms. The monoisotopic (exact) mass is 376 g/mol. The fourth-order valence-electron chi connectivity index (χ4n) is 2.83. The topological polar surface area (TPSA) is 119 Å². The van der Waals surface area contributed by atoms with E-state index >= 15 is 0 Å². The lowest BCUT2D eigenvalue weighted by Crippen LogP contribution is -2.57. The van der Waals surface area contributed by atoms with Gasteiger partial charge in [0.1, 0.15) is 6.04 Å². The van der Waals surface area contributed by atoms with E-state index < -0.39 is 6.04 Å². The first-order chi connectivity index (χ1) is 12.7. The zero-order chi connectivity index (χ0) is 20.6. The van der Waals surface area contributed by atoms with Crippen molar-refractivity contribution in [3.63, 3.8) is 0 Å². The first-order valence-corrected chi connectivity index (χ1v) is 9.41. The zero-order valence-electron chi connectivity index (χ0n) is 16.7. The van der Waals surface area contributed by atoms with E-state index in [2.05, 4.69) is 19.2 Å². The molecule has 1 aromatic rings. The third-order valence-electron chi connectivity index (χ3n) is 4.10. The minimum absolute atomic E-state index is 0.0664. The van der Waals surface area contributed by atoms with Crippen LogP contribution in [0.2, 0.25) is 0 Å². The quantitative estimate of drug-likeness (QED) is 0.685. The van der Waals surface area contributed by atoms with Crippen LogP contribution in [-0.2, 0) is 4.79 Å². The van der Waals surface area contributed by atoms with E-state index in [0.717, 1.165) is 0 Å². The molecule has 2 amide bonds. The summed E-state index contributed by atoms with van der Waals surface area (Å²) in [7, 11) is 0. The summed E-state index contributed by atoms with van der Waals surface area (Å²) in [5.41, 5.74) is 12.7. The molecule has 27 heavy (non-hydrogen) atoms. The van der Waals surface area contributed by atoms with Crippen LogP contribution < -0.4 is 16.8 Å². The third-order valence-corrected chi connectivity index (χ3v) is 4.10. The van der Waals surface area contributed by atoms with E-state index in [-0.39, 0.29) is 29.7 Å². The number of piperidine rings is 1. The van der Waals surface area contributed by atoms with Gasteiger partial charge >= 0.3 is 0 Å². The van der Waals surface area contributed by atoms with Crippen LogP contribution in [0, 0.1) is 0 Å². The van der Waals surface area contributed by atoms with Crippen LogP contribution in [0.1, 0.15) is 61.3 Å². The molecule has 1 saturated heterocycles. The molecule has 1 heterocycles. The predicted octanol–water partition coefficient (Wildman–Crippen LogP) is 1.31. The Kier molecular flexibility index (Phi) is 9.11. The molecule has 150 valence electrons. The molecule has 1 fully saturated rings. The summed E-state index contributed by atoms with van der Waals surface area (Å²) in [4.78, 5) is 37.5. The van der Waals surface area contributed by atoms with Gasteiger partial charge in [-0.15, -0.1) is 0 Å². The minimum Gasteiger partial charge on any atom is -0.341 e. The van der Waals surface area contributed by atoms with Crippen LogP contribution in [0.15, 0.2) is 24.3 Å². The molecular weight excluding hydrogens is 344 g/mol. The highest BCUT2D eigenvalue weighted by molar-refractivity contribution is 5.99. The lowest BCUT2D eigenvalue weighted by atomic mass is 10.0. The fourth-order valence-corrected chi connectivity index (χ4v) is 2.83. The lowest BCUT2D eigenvalue weighted by molar-refractivity contribution is -0.134. The van der Waals surface area contributed by atoms with Crippen LogP contribution >= 0.6 is 0 Å². The summed E-state index contributed by atoms with van der Waals surface area (Å²) in [5.74, 6) is -0.630. The highest BCUT2D eigenvalue weighted by Crippen LogP contribution is 2.10. The van der Waals surface area contributed by atoms with Gasteiger partial charge in [0.05, 0.1) is 0 Å². The van der Waals surface area contributed by atoms with Gasteiger partial charge in [0.15, 0.2) is 5.78 Å². The number of nitrogens with one attached hydrogen (secondary N) is 1. The molecule has 1 aliphatic rings. The highest BCUT2D eigenvalue weighted by atomic mass is 16.2. The van der Waals surface area contributed by atoms with E-state index in [0.29, 0.717) is 30.6 Å². The number of benzene rings is 1. The second-order valence-corrected chi connectivity index (χ2v) is 7.03. The van der Waals surface area contributed by atoms with Crippen molar-refractivity contribution in [3.8, 4) is 0 Å². The van der Waals surface area contributed by atoms with E-state index in [9.17, 15) is 14.4 Å². The Bertz CT molecular complexity index is 635. The van der Waals surface area contributed by atoms with Gasteiger partial charge in [0.25, 0.3) is 5.91 Å². The summed E-state index contributed by atoms with van der Waals surface area (Å²) in [6.07, 6.45) is 1.94. The van der Waals surface area contributed by atoms with Crippen molar-refractivity contribution in [1.82, 2.24) is 10.2 Å². The number of carbonyl (C=O) groups excluding carboxylic acids is 3. The van der Waals surface area contributed by atoms with E-state index in [1.54, 1.807) is 36.1 Å². The average molecular weight is 377 g/mol. The first-order valence-electron chi connectivity index (χ1n) is 9.41. The molecule has 0 saturated carbocycles. The maximum atomic E-state index is 12.5. The van der Waals surface area contributed by atoms with Crippen molar-refractivity contribution in [3.05, 3.63) is 35.4 Å². The van der Waals surface area contributed by atoms with Crippen LogP contribution in [0.3, 0.4) is 0 Å². The Morgan fingerprint density at radius 3 is 1.96 bits per heavy atom. The SMILES string of the molecule is CC(=O)c1ccc(C(=O)N[C@@H](C)C(=O)N2CC(N)CC(N)C2)cc1.CCC. The second kappa shape index (κ2) is 10.8. The van der Waals surface area contributed by atoms with Gasteiger partial charge in [-0.25, -0.2) is 0 Å². The van der Waals surface area contributed by atoms with Crippen LogP contribution in [0.25, 0.3) is 0 Å². The van der Waals surface area contributed by atoms with Crippen molar-refractivity contribution in [2.24, 2.45) is 11.5 Å². The summed E-state index contributed by atoms with van der Waals surface area (Å²) in [6.45, 7) is 8.24. The van der Waals surface area contributed by atoms with E-state index in [1.165, 1.54) is 13.3 Å². The fraction of sp³-hybridized carbons (Fsp3) is 0.550. The van der Waals surface area contributed by atoms with Crippen LogP contribution in [0.4, 0.5) is 0 Å². The molecule has 0 spiro atoms. The molecule has 0 aromatic heterocycles. The molecule has 0 radical (unpaired) electrons. The number of amides is 2. The number of nitrogens with zero attached hydrogens (tertiary/aromatic N) is 1. The molecule has 3 atom stereocenters. The van der Waals surface area contributed by atoms with Gasteiger partial charge in [0, 0.05) is 36.3 Å². The largest absolute Gasteiger partial charge is 0.341 e. The van der Waals surface area contributed by atoms with Gasteiger partial charge < -0.3 is 21.7 Å². The first kappa shape index (κ1) is 22.8. The van der Waals surface area contributed by atoms with E-state index in [4.69, 9.17) is 11.5 Å². The number of nitrogens with two attached hydrogens (primary N) is 2. The van der Waals surface area contributed by atoms with Gasteiger partial charge in [-0.05, 0) is 32.4 Å². The number of likely N-dealkylation sites (tertiary alicyclic amines) is 1. The molecule has 7 heteroatoms. The Labute approximate surface area is 161 Å². The van der Waals surface area contributed by atoms with Gasteiger partial charge in [-0.1, -0.05) is 32.4 Å². The summed E-state index contributed by atoms with van der Waals surface area (Å²) in [6, 6.07) is 5.35. The lowest BCUT2D eigenvalue weighted by Gasteiger charge is -2.36. The predicted molar refractivity (Wildman–Crippen MR) is 106 cm³/mol. The molecule has 1 aromatic carbocycles. The smallest absolute Gasteiger partial charge is 0.251 e. The molecule has 5 N–H and O–H groups in total. The maximum Gasteiger partial charge on any atom is 0.251 e. The molecular formula is C20H32N4O3. The number of rotatable bonds is 4. The summed E-state index contributed by atoms with van der Waals surface area (Å²) in [5, 5.41) is 2.67. The maximum absolute atomic E-state index is 12.5. The van der Waals surface area contributed by atoms with Gasteiger partial charge in [0.2, 0.25) is 5.91 Å². The minimum atomic E-state index is -0.678. The van der Waals surface area contributed by atoms with Gasteiger partial charge in [-0.3, -0.25) is 14.4 Å². The Balaban J connectivity index is 0.00000114. The van der Waals surface area contributed by atoms with E-state index in [1.807, 2.05) is 0 Å². The Hall–Kier alpha value is -2.25. The van der Waals surface area contributed by atoms with Crippen molar-refractivity contribution in [1.29, 1.82) is 0 Å². The molecule has 0 aliphatic carbocycles. The number of hydrogen-bond acceptors (Lipinski definition) is 5. The number of ketones is 1. The van der Waals surface area contributed by atoms with Crippen molar-refractivity contribution >= 4 is 17.6 Å². The number of Topliss-reactive ketones (excluding diaryl/α,β-unsaturated/α-hetero) is 1. The summed E-state index contributed by atoms with van der Waals surface area (Å²) >= 11 is 0. The molecule has 2 unspecified atom stereocenters. The second-order valence-electron chi connectivity index (χ2n) is 7.03. The highest BCUT2D eigenvalue weighted by Gasteiger charge is 2.29. The molecule has 2 rings (SSSR count). The summed E-state index contributed by atoms with van der Waals surface area (Å²) < 4.78 is 0. The molecule has 1 aliphatic heterocycles. The normalized spacial score (nSPS) is 20.1. The Morgan fingerprint density at radius 2 is 1.52 bits per heavy atom. The third kappa shape index (κ3) is 7.11. The molecule has 7 nitrogen and oxygen atoms in total. The van der Waals surface area contributed by atoms with Crippen LogP contribution in [-0.4, -0.2) is 53.7 Å². The number of carbonyl (C=O) groups is 3. The average Bonchev–Trinajstić information content (AvgIpc) is 2.60.